The summed E-state index contributed by atoms with van der Waals surface area (Å²) in [4.78, 5) is 12.7. The maximum atomic E-state index is 10.7. The summed E-state index contributed by atoms with van der Waals surface area (Å²) in [6.45, 7) is 0.449. The zero-order valence-electron chi connectivity index (χ0n) is 10.9. The van der Waals surface area contributed by atoms with Crippen molar-refractivity contribution >= 4 is 17.3 Å². The van der Waals surface area contributed by atoms with Crippen LogP contribution in [0.15, 0.2) is 40.8 Å². The van der Waals surface area contributed by atoms with Crippen molar-refractivity contribution in [3.05, 3.63) is 47.9 Å². The van der Waals surface area contributed by atoms with E-state index in [4.69, 9.17) is 9.52 Å². The second-order valence-corrected chi connectivity index (χ2v) is 4.37. The summed E-state index contributed by atoms with van der Waals surface area (Å²) in [5.74, 6) is -0.507. The molecule has 0 unspecified atom stereocenters. The van der Waals surface area contributed by atoms with Gasteiger partial charge in [0, 0.05) is 25.5 Å². The van der Waals surface area contributed by atoms with Crippen LogP contribution in [-0.4, -0.2) is 25.2 Å². The van der Waals surface area contributed by atoms with Gasteiger partial charge in [0.05, 0.1) is 6.54 Å². The molecule has 2 rings (SSSR count). The summed E-state index contributed by atoms with van der Waals surface area (Å²) in [7, 11) is 3.95. The minimum Gasteiger partial charge on any atom is -0.475 e. The Morgan fingerprint density at radius 3 is 2.74 bits per heavy atom. The predicted octanol–water partition coefficient (Wildman–Crippen LogP) is 2.66. The van der Waals surface area contributed by atoms with Crippen LogP contribution in [0.3, 0.4) is 0 Å². The lowest BCUT2D eigenvalue weighted by molar-refractivity contribution is 0.0660. The smallest absolute Gasteiger partial charge is 0.371 e. The lowest BCUT2D eigenvalue weighted by Crippen LogP contribution is -2.09. The number of carboxylic acids is 1. The molecule has 19 heavy (non-hydrogen) atoms. The Labute approximate surface area is 111 Å². The third-order valence-corrected chi connectivity index (χ3v) is 2.70. The Hall–Kier alpha value is -2.43. The first-order valence-electron chi connectivity index (χ1n) is 5.89. The Morgan fingerprint density at radius 1 is 1.32 bits per heavy atom. The van der Waals surface area contributed by atoms with Gasteiger partial charge in [0.1, 0.15) is 5.76 Å². The number of rotatable bonds is 5. The molecule has 1 aromatic carbocycles. The number of aromatic carboxylic acids is 1. The van der Waals surface area contributed by atoms with Crippen molar-refractivity contribution in [2.45, 2.75) is 6.54 Å². The highest BCUT2D eigenvalue weighted by Crippen LogP contribution is 2.18. The lowest BCUT2D eigenvalue weighted by atomic mass is 10.2. The molecule has 0 aliphatic carbocycles. The van der Waals surface area contributed by atoms with Crippen LogP contribution in [0.4, 0.5) is 11.4 Å². The van der Waals surface area contributed by atoms with Gasteiger partial charge in [0.15, 0.2) is 0 Å². The van der Waals surface area contributed by atoms with Crippen LogP contribution in [-0.2, 0) is 6.54 Å². The van der Waals surface area contributed by atoms with E-state index >= 15 is 0 Å². The molecule has 0 fully saturated rings. The van der Waals surface area contributed by atoms with E-state index in [0.717, 1.165) is 11.4 Å². The largest absolute Gasteiger partial charge is 0.475 e. The molecular weight excluding hydrogens is 244 g/mol. The van der Waals surface area contributed by atoms with Crippen molar-refractivity contribution in [3.8, 4) is 0 Å². The first-order valence-corrected chi connectivity index (χ1v) is 5.89. The SMILES string of the molecule is CN(C)c1cccc(NCc2ccc(C(=O)O)o2)c1. The summed E-state index contributed by atoms with van der Waals surface area (Å²) < 4.78 is 5.17. The van der Waals surface area contributed by atoms with Crippen molar-refractivity contribution in [1.82, 2.24) is 0 Å². The predicted molar refractivity (Wildman–Crippen MR) is 73.8 cm³/mol. The molecule has 2 N–H and O–H groups in total. The van der Waals surface area contributed by atoms with Gasteiger partial charge in [-0.15, -0.1) is 0 Å². The molecule has 0 aliphatic rings. The molecule has 0 saturated heterocycles. The molecule has 0 aliphatic heterocycles. The third-order valence-electron chi connectivity index (χ3n) is 2.70. The number of furan rings is 1. The molecule has 0 amide bonds. The Kier molecular flexibility index (Phi) is 3.75. The van der Waals surface area contributed by atoms with Gasteiger partial charge in [-0.2, -0.15) is 0 Å². The molecule has 5 nitrogen and oxygen atoms in total. The van der Waals surface area contributed by atoms with Gasteiger partial charge >= 0.3 is 5.97 Å². The number of nitrogens with zero attached hydrogens (tertiary/aromatic N) is 1. The highest BCUT2D eigenvalue weighted by atomic mass is 16.4. The fourth-order valence-corrected chi connectivity index (χ4v) is 1.67. The average Bonchev–Trinajstić information content (AvgIpc) is 2.85. The van der Waals surface area contributed by atoms with Crippen LogP contribution >= 0.6 is 0 Å². The van der Waals surface area contributed by atoms with E-state index in [1.54, 1.807) is 6.07 Å². The zero-order chi connectivity index (χ0) is 13.8. The summed E-state index contributed by atoms with van der Waals surface area (Å²) >= 11 is 0. The highest BCUT2D eigenvalue weighted by Gasteiger charge is 2.08. The standard InChI is InChI=1S/C14H16N2O3/c1-16(2)11-5-3-4-10(8-11)15-9-12-6-7-13(19-12)14(17)18/h3-8,15H,9H2,1-2H3,(H,17,18). The van der Waals surface area contributed by atoms with E-state index in [1.807, 2.05) is 43.3 Å². The first kappa shape index (κ1) is 13.0. The quantitative estimate of drug-likeness (QED) is 0.865. The monoisotopic (exact) mass is 260 g/mol. The topological polar surface area (TPSA) is 65.7 Å². The number of carbonyl (C=O) groups is 1. The fourth-order valence-electron chi connectivity index (χ4n) is 1.67. The van der Waals surface area contributed by atoms with Crippen LogP contribution in [0.5, 0.6) is 0 Å². The number of hydrogen-bond donors (Lipinski definition) is 2. The van der Waals surface area contributed by atoms with Gasteiger partial charge in [-0.05, 0) is 30.3 Å². The van der Waals surface area contributed by atoms with Crippen LogP contribution in [0, 0.1) is 0 Å². The first-order chi connectivity index (χ1) is 9.06. The van der Waals surface area contributed by atoms with Crippen LogP contribution in [0.1, 0.15) is 16.3 Å². The van der Waals surface area contributed by atoms with Crippen molar-refractivity contribution in [3.63, 3.8) is 0 Å². The number of hydrogen-bond acceptors (Lipinski definition) is 4. The van der Waals surface area contributed by atoms with Crippen LogP contribution < -0.4 is 10.2 Å². The molecule has 1 heterocycles. The molecule has 100 valence electrons. The molecule has 5 heteroatoms. The average molecular weight is 260 g/mol. The van der Waals surface area contributed by atoms with Gasteiger partial charge in [-0.25, -0.2) is 4.79 Å². The number of nitrogens with one attached hydrogen (secondary N) is 1. The molecule has 0 spiro atoms. The second-order valence-electron chi connectivity index (χ2n) is 4.37. The maximum Gasteiger partial charge on any atom is 0.371 e. The van der Waals surface area contributed by atoms with Gasteiger partial charge in [0.2, 0.25) is 5.76 Å². The van der Waals surface area contributed by atoms with E-state index in [9.17, 15) is 4.79 Å². The van der Waals surface area contributed by atoms with Crippen LogP contribution in [0.25, 0.3) is 0 Å². The summed E-state index contributed by atoms with van der Waals surface area (Å²) in [5, 5.41) is 12.0. The van der Waals surface area contributed by atoms with E-state index in [-0.39, 0.29) is 5.76 Å². The number of carboxylic acid groups (broad SMARTS) is 1. The van der Waals surface area contributed by atoms with Crippen molar-refractivity contribution < 1.29 is 14.3 Å². The molecule has 0 radical (unpaired) electrons. The minimum absolute atomic E-state index is 0.0427. The molecule has 1 aromatic heterocycles. The minimum atomic E-state index is -1.05. The van der Waals surface area contributed by atoms with Gasteiger partial charge in [-0.3, -0.25) is 0 Å². The van der Waals surface area contributed by atoms with Gasteiger partial charge in [-0.1, -0.05) is 6.07 Å². The third kappa shape index (κ3) is 3.28. The highest BCUT2D eigenvalue weighted by molar-refractivity contribution is 5.84. The Balaban J connectivity index is 2.01. The van der Waals surface area contributed by atoms with Gasteiger partial charge in [0.25, 0.3) is 0 Å². The molecule has 0 atom stereocenters. The maximum absolute atomic E-state index is 10.7. The lowest BCUT2D eigenvalue weighted by Gasteiger charge is -2.14. The van der Waals surface area contributed by atoms with Crippen molar-refractivity contribution in [2.75, 3.05) is 24.3 Å². The number of benzene rings is 1. The van der Waals surface area contributed by atoms with Gasteiger partial charge < -0.3 is 19.7 Å². The van der Waals surface area contributed by atoms with E-state index in [0.29, 0.717) is 12.3 Å². The number of anilines is 2. The van der Waals surface area contributed by atoms with E-state index < -0.39 is 5.97 Å². The fraction of sp³-hybridized carbons (Fsp3) is 0.214. The zero-order valence-corrected chi connectivity index (χ0v) is 10.9. The molecular formula is C14H16N2O3. The summed E-state index contributed by atoms with van der Waals surface area (Å²) in [6.07, 6.45) is 0. The summed E-state index contributed by atoms with van der Waals surface area (Å²) in [5.41, 5.74) is 2.05. The normalized spacial score (nSPS) is 10.2. The Bertz CT molecular complexity index is 576. The molecule has 0 bridgehead atoms. The Morgan fingerprint density at radius 2 is 2.11 bits per heavy atom. The molecule has 0 saturated carbocycles. The van der Waals surface area contributed by atoms with Crippen LogP contribution in [0.2, 0.25) is 0 Å². The van der Waals surface area contributed by atoms with Crippen molar-refractivity contribution in [1.29, 1.82) is 0 Å². The summed E-state index contributed by atoms with van der Waals surface area (Å²) in [6, 6.07) is 11.1. The van der Waals surface area contributed by atoms with E-state index in [1.165, 1.54) is 6.07 Å². The molecule has 2 aromatic rings. The van der Waals surface area contributed by atoms with Crippen molar-refractivity contribution in [2.24, 2.45) is 0 Å². The second kappa shape index (κ2) is 5.48. The van der Waals surface area contributed by atoms with E-state index in [2.05, 4.69) is 5.32 Å².